The fraction of sp³-hybridized carbons (Fsp3) is 0.211. The van der Waals surface area contributed by atoms with Crippen molar-refractivity contribution in [3.05, 3.63) is 68.0 Å². The number of nitro groups is 1. The Hall–Kier alpha value is -2.91. The van der Waals surface area contributed by atoms with Crippen LogP contribution in [0.5, 0.6) is 0 Å². The number of nitrogens with one attached hydrogen (secondary N) is 1. The molecule has 1 amide bonds. The van der Waals surface area contributed by atoms with Crippen molar-refractivity contribution < 1.29 is 9.72 Å². The molecule has 1 N–H and O–H groups in total. The third-order valence-corrected chi connectivity index (χ3v) is 5.24. The number of hydrogen-bond acceptors (Lipinski definition) is 6. The fourth-order valence-corrected chi connectivity index (χ4v) is 3.69. The minimum absolute atomic E-state index is 0.0270. The van der Waals surface area contributed by atoms with Gasteiger partial charge in [-0.2, -0.15) is 0 Å². The van der Waals surface area contributed by atoms with E-state index in [1.54, 1.807) is 22.8 Å². The summed E-state index contributed by atoms with van der Waals surface area (Å²) in [6.45, 7) is 2.44. The standard InChI is InChI=1S/C19H17ClN4O4S/c1-2-9-23-18(26)15-8-3-12(20)10-16(15)22-19(23)29-11-17(25)21-13-4-6-14(7-5-13)24(27)28/h3-8,10H,2,9,11H2,1H3,(H,21,25). The van der Waals surface area contributed by atoms with E-state index in [2.05, 4.69) is 10.3 Å². The molecule has 3 aromatic rings. The molecule has 0 bridgehead atoms. The summed E-state index contributed by atoms with van der Waals surface area (Å²) in [5.74, 6) is -0.286. The van der Waals surface area contributed by atoms with Crippen molar-refractivity contribution in [3.8, 4) is 0 Å². The number of nitrogens with zero attached hydrogens (tertiary/aromatic N) is 3. The second kappa shape index (κ2) is 9.06. The Balaban J connectivity index is 1.78. The van der Waals surface area contributed by atoms with E-state index < -0.39 is 4.92 Å². The minimum atomic E-state index is -0.508. The summed E-state index contributed by atoms with van der Waals surface area (Å²) in [5, 5.41) is 14.8. The topological polar surface area (TPSA) is 107 Å². The summed E-state index contributed by atoms with van der Waals surface area (Å²) in [6.07, 6.45) is 0.739. The number of benzene rings is 2. The highest BCUT2D eigenvalue weighted by Gasteiger charge is 2.14. The maximum Gasteiger partial charge on any atom is 0.269 e. The highest BCUT2D eigenvalue weighted by molar-refractivity contribution is 7.99. The molecule has 0 unspecified atom stereocenters. The summed E-state index contributed by atoms with van der Waals surface area (Å²) < 4.78 is 1.56. The molecule has 0 aliphatic rings. The highest BCUT2D eigenvalue weighted by Crippen LogP contribution is 2.21. The zero-order valence-electron chi connectivity index (χ0n) is 15.4. The molecule has 29 heavy (non-hydrogen) atoms. The molecular formula is C19H17ClN4O4S. The molecule has 150 valence electrons. The second-order valence-electron chi connectivity index (χ2n) is 6.15. The van der Waals surface area contributed by atoms with Crippen molar-refractivity contribution in [2.45, 2.75) is 25.0 Å². The number of hydrogen-bond donors (Lipinski definition) is 1. The number of rotatable bonds is 7. The lowest BCUT2D eigenvalue weighted by atomic mass is 10.2. The number of halogens is 1. The fourth-order valence-electron chi connectivity index (χ4n) is 2.70. The largest absolute Gasteiger partial charge is 0.325 e. The number of carbonyl (C=O) groups excluding carboxylic acids is 1. The first-order valence-electron chi connectivity index (χ1n) is 8.76. The van der Waals surface area contributed by atoms with Gasteiger partial charge in [-0.1, -0.05) is 30.3 Å². The lowest BCUT2D eigenvalue weighted by molar-refractivity contribution is -0.384. The number of non-ortho nitro benzene ring substituents is 1. The Morgan fingerprint density at radius 2 is 2.00 bits per heavy atom. The average Bonchev–Trinajstić information content (AvgIpc) is 2.69. The van der Waals surface area contributed by atoms with Crippen LogP contribution >= 0.6 is 23.4 Å². The number of anilines is 1. The van der Waals surface area contributed by atoms with E-state index >= 15 is 0 Å². The highest BCUT2D eigenvalue weighted by atomic mass is 35.5. The second-order valence-corrected chi connectivity index (χ2v) is 7.53. The van der Waals surface area contributed by atoms with Gasteiger partial charge in [0.1, 0.15) is 0 Å². The van der Waals surface area contributed by atoms with E-state index in [1.165, 1.54) is 24.3 Å². The quantitative estimate of drug-likeness (QED) is 0.260. The van der Waals surface area contributed by atoms with Gasteiger partial charge in [0, 0.05) is 29.4 Å². The number of carbonyl (C=O) groups is 1. The third-order valence-electron chi connectivity index (χ3n) is 4.02. The van der Waals surface area contributed by atoms with E-state index in [-0.39, 0.29) is 22.9 Å². The zero-order chi connectivity index (χ0) is 21.0. The van der Waals surface area contributed by atoms with Crippen LogP contribution in [0.1, 0.15) is 13.3 Å². The lowest BCUT2D eigenvalue weighted by Crippen LogP contribution is -2.24. The van der Waals surface area contributed by atoms with Gasteiger partial charge in [-0.15, -0.1) is 0 Å². The Kier molecular flexibility index (Phi) is 6.50. The molecule has 3 rings (SSSR count). The predicted molar refractivity (Wildman–Crippen MR) is 114 cm³/mol. The van der Waals surface area contributed by atoms with Crippen molar-refractivity contribution in [3.63, 3.8) is 0 Å². The van der Waals surface area contributed by atoms with Crippen molar-refractivity contribution in [1.29, 1.82) is 0 Å². The van der Waals surface area contributed by atoms with Gasteiger partial charge >= 0.3 is 0 Å². The van der Waals surface area contributed by atoms with Crippen LogP contribution in [0, 0.1) is 10.1 Å². The molecule has 0 saturated carbocycles. The van der Waals surface area contributed by atoms with Gasteiger partial charge in [0.15, 0.2) is 5.16 Å². The van der Waals surface area contributed by atoms with Crippen molar-refractivity contribution in [2.24, 2.45) is 0 Å². The van der Waals surface area contributed by atoms with Crippen LogP contribution in [-0.4, -0.2) is 26.1 Å². The number of fused-ring (bicyclic) bond motifs is 1. The zero-order valence-corrected chi connectivity index (χ0v) is 17.0. The first-order valence-corrected chi connectivity index (χ1v) is 10.1. The summed E-state index contributed by atoms with van der Waals surface area (Å²) in [5.41, 5.74) is 0.699. The molecule has 2 aromatic carbocycles. The van der Waals surface area contributed by atoms with Crippen LogP contribution in [0.3, 0.4) is 0 Å². The summed E-state index contributed by atoms with van der Waals surface area (Å²) in [7, 11) is 0. The van der Waals surface area contributed by atoms with E-state index in [4.69, 9.17) is 11.6 Å². The molecular weight excluding hydrogens is 416 g/mol. The van der Waals surface area contributed by atoms with Crippen molar-refractivity contribution in [1.82, 2.24) is 9.55 Å². The van der Waals surface area contributed by atoms with Crippen molar-refractivity contribution >= 4 is 51.5 Å². The molecule has 0 radical (unpaired) electrons. The van der Waals surface area contributed by atoms with Crippen LogP contribution in [0.25, 0.3) is 10.9 Å². The van der Waals surface area contributed by atoms with Gasteiger partial charge < -0.3 is 5.32 Å². The molecule has 10 heteroatoms. The summed E-state index contributed by atoms with van der Waals surface area (Å²) in [4.78, 5) is 39.8. The van der Waals surface area contributed by atoms with Crippen LogP contribution in [0.2, 0.25) is 5.02 Å². The van der Waals surface area contributed by atoms with E-state index in [1.807, 2.05) is 6.92 Å². The molecule has 0 aliphatic carbocycles. The molecule has 1 heterocycles. The first-order chi connectivity index (χ1) is 13.9. The number of aromatic nitrogens is 2. The number of thioether (sulfide) groups is 1. The van der Waals surface area contributed by atoms with E-state index in [9.17, 15) is 19.7 Å². The molecule has 1 aromatic heterocycles. The van der Waals surface area contributed by atoms with Crippen LogP contribution in [0.15, 0.2) is 52.4 Å². The van der Waals surface area contributed by atoms with E-state index in [0.29, 0.717) is 33.3 Å². The molecule has 0 atom stereocenters. The molecule has 0 aliphatic heterocycles. The minimum Gasteiger partial charge on any atom is -0.325 e. The SMILES string of the molecule is CCCn1c(SCC(=O)Nc2ccc([N+](=O)[O-])cc2)nc2cc(Cl)ccc2c1=O. The molecule has 0 saturated heterocycles. The molecule has 0 fully saturated rings. The van der Waals surface area contributed by atoms with Gasteiger partial charge in [0.2, 0.25) is 5.91 Å². The van der Waals surface area contributed by atoms with Crippen LogP contribution in [-0.2, 0) is 11.3 Å². The van der Waals surface area contributed by atoms with E-state index in [0.717, 1.165) is 18.2 Å². The van der Waals surface area contributed by atoms with Gasteiger partial charge in [0.25, 0.3) is 11.2 Å². The Morgan fingerprint density at radius 1 is 1.28 bits per heavy atom. The van der Waals surface area contributed by atoms with Gasteiger partial charge in [-0.05, 0) is 36.8 Å². The Morgan fingerprint density at radius 3 is 2.66 bits per heavy atom. The predicted octanol–water partition coefficient (Wildman–Crippen LogP) is 4.10. The van der Waals surface area contributed by atoms with Crippen LogP contribution in [0.4, 0.5) is 11.4 Å². The van der Waals surface area contributed by atoms with Gasteiger partial charge in [-0.25, -0.2) is 4.98 Å². The van der Waals surface area contributed by atoms with Crippen molar-refractivity contribution in [2.75, 3.05) is 11.1 Å². The summed E-state index contributed by atoms with van der Waals surface area (Å²) >= 11 is 7.16. The normalized spacial score (nSPS) is 10.8. The molecule has 8 nitrogen and oxygen atoms in total. The third kappa shape index (κ3) is 4.93. The monoisotopic (exact) mass is 432 g/mol. The number of amides is 1. The maximum atomic E-state index is 12.8. The lowest BCUT2D eigenvalue weighted by Gasteiger charge is -2.12. The number of nitro benzene ring substituents is 1. The summed E-state index contributed by atoms with van der Waals surface area (Å²) in [6, 6.07) is 10.5. The maximum absolute atomic E-state index is 12.8. The van der Waals surface area contributed by atoms with Gasteiger partial charge in [-0.3, -0.25) is 24.3 Å². The smallest absolute Gasteiger partial charge is 0.269 e. The Bertz CT molecular complexity index is 1130. The average molecular weight is 433 g/mol. The first kappa shape index (κ1) is 20.8. The Labute approximate surface area is 175 Å². The molecule has 0 spiro atoms. The van der Waals surface area contributed by atoms with Gasteiger partial charge in [0.05, 0.1) is 21.6 Å². The van der Waals surface area contributed by atoms with Crippen LogP contribution < -0.4 is 10.9 Å².